The van der Waals surface area contributed by atoms with Crippen molar-refractivity contribution in [3.63, 3.8) is 0 Å². The van der Waals surface area contributed by atoms with E-state index in [1.54, 1.807) is 17.5 Å². The molecule has 0 spiro atoms. The topological polar surface area (TPSA) is 57.0 Å². The monoisotopic (exact) mass is 413 g/mol. The lowest BCUT2D eigenvalue weighted by molar-refractivity contribution is 0.0529. The number of rotatable bonds is 7. The Kier molecular flexibility index (Phi) is 5.85. The summed E-state index contributed by atoms with van der Waals surface area (Å²) in [7, 11) is 0. The lowest BCUT2D eigenvalue weighted by Gasteiger charge is -2.12. The van der Waals surface area contributed by atoms with Gasteiger partial charge in [0.15, 0.2) is 6.29 Å². The van der Waals surface area contributed by atoms with Crippen molar-refractivity contribution in [3.05, 3.63) is 95.3 Å². The van der Waals surface area contributed by atoms with Crippen molar-refractivity contribution in [2.24, 2.45) is 0 Å². The van der Waals surface area contributed by atoms with Gasteiger partial charge in [-0.3, -0.25) is 4.79 Å². The molecule has 4 aromatic rings. The second-order valence-electron chi connectivity index (χ2n) is 7.18. The van der Waals surface area contributed by atoms with Gasteiger partial charge in [-0.1, -0.05) is 42.5 Å². The van der Waals surface area contributed by atoms with E-state index < -0.39 is 5.97 Å². The number of esters is 1. The van der Waals surface area contributed by atoms with Crippen LogP contribution in [0.5, 0.6) is 5.75 Å². The van der Waals surface area contributed by atoms with Crippen LogP contribution >= 0.6 is 0 Å². The number of pyridine rings is 1. The first-order valence-electron chi connectivity index (χ1n) is 10.2. The van der Waals surface area contributed by atoms with Gasteiger partial charge in [0.1, 0.15) is 12.4 Å². The molecule has 156 valence electrons. The summed E-state index contributed by atoms with van der Waals surface area (Å²) in [6.45, 7) is 4.42. The van der Waals surface area contributed by atoms with E-state index in [4.69, 9.17) is 9.47 Å². The fraction of sp³-hybridized carbons (Fsp3) is 0.154. The Morgan fingerprint density at radius 2 is 1.81 bits per heavy atom. The molecule has 0 fully saturated rings. The summed E-state index contributed by atoms with van der Waals surface area (Å²) in [4.78, 5) is 24.9. The van der Waals surface area contributed by atoms with Gasteiger partial charge >= 0.3 is 5.97 Å². The average molecular weight is 413 g/mol. The number of fused-ring (bicyclic) bond motifs is 1. The summed E-state index contributed by atoms with van der Waals surface area (Å²) in [5.74, 6) is 0.275. The van der Waals surface area contributed by atoms with Gasteiger partial charge in [-0.25, -0.2) is 4.79 Å². The van der Waals surface area contributed by atoms with Crippen LogP contribution in [-0.4, -0.2) is 23.3 Å². The maximum atomic E-state index is 12.8. The Bertz CT molecular complexity index is 1240. The Hall–Kier alpha value is -3.86. The minimum atomic E-state index is -0.446. The number of benzene rings is 2. The Morgan fingerprint density at radius 3 is 2.52 bits per heavy atom. The first-order chi connectivity index (χ1) is 15.1. The quantitative estimate of drug-likeness (QED) is 0.297. The fourth-order valence-corrected chi connectivity index (χ4v) is 3.78. The normalized spacial score (nSPS) is 10.8. The molecule has 2 aromatic carbocycles. The highest BCUT2D eigenvalue weighted by atomic mass is 16.5. The molecule has 0 N–H and O–H groups in total. The Balaban J connectivity index is 1.78. The van der Waals surface area contributed by atoms with Crippen LogP contribution in [0.25, 0.3) is 16.6 Å². The van der Waals surface area contributed by atoms with Crippen LogP contribution in [0.2, 0.25) is 0 Å². The van der Waals surface area contributed by atoms with Crippen molar-refractivity contribution in [1.29, 1.82) is 0 Å². The number of nitrogens with zero attached hydrogens (tertiary/aromatic N) is 1. The molecule has 2 heterocycles. The number of carbonyl (C=O) groups is 2. The van der Waals surface area contributed by atoms with Crippen molar-refractivity contribution < 1.29 is 19.1 Å². The van der Waals surface area contributed by atoms with Gasteiger partial charge in [0.25, 0.3) is 0 Å². The molecule has 0 amide bonds. The smallest absolute Gasteiger partial charge is 0.340 e. The fourth-order valence-electron chi connectivity index (χ4n) is 3.78. The van der Waals surface area contributed by atoms with E-state index in [2.05, 4.69) is 0 Å². The van der Waals surface area contributed by atoms with Crippen LogP contribution < -0.4 is 4.74 Å². The Labute approximate surface area is 180 Å². The van der Waals surface area contributed by atoms with E-state index >= 15 is 0 Å². The van der Waals surface area contributed by atoms with Gasteiger partial charge in [-0.15, -0.1) is 0 Å². The average Bonchev–Trinajstić information content (AvgIpc) is 3.12. The molecule has 2 aromatic heterocycles. The predicted octanol–water partition coefficient (Wildman–Crippen LogP) is 5.48. The zero-order valence-electron chi connectivity index (χ0n) is 17.5. The van der Waals surface area contributed by atoms with Crippen LogP contribution in [-0.2, 0) is 11.3 Å². The number of hydrogen-bond acceptors (Lipinski definition) is 4. The van der Waals surface area contributed by atoms with E-state index in [1.165, 1.54) is 0 Å². The lowest BCUT2D eigenvalue weighted by Crippen LogP contribution is -2.06. The van der Waals surface area contributed by atoms with Crippen molar-refractivity contribution >= 4 is 17.8 Å². The van der Waals surface area contributed by atoms with Gasteiger partial charge in [0.05, 0.1) is 23.4 Å². The summed E-state index contributed by atoms with van der Waals surface area (Å²) in [6, 6.07) is 21.1. The highest BCUT2D eigenvalue weighted by molar-refractivity contribution is 6.09. The molecular formula is C26H23NO4. The maximum Gasteiger partial charge on any atom is 0.340 e. The third-order valence-corrected chi connectivity index (χ3v) is 5.19. The second kappa shape index (κ2) is 8.88. The third kappa shape index (κ3) is 3.94. The van der Waals surface area contributed by atoms with E-state index in [-0.39, 0.29) is 6.61 Å². The number of ether oxygens (including phenoxy) is 2. The molecule has 31 heavy (non-hydrogen) atoms. The lowest BCUT2D eigenvalue weighted by atomic mass is 9.96. The molecule has 4 rings (SSSR count). The summed E-state index contributed by atoms with van der Waals surface area (Å²) < 4.78 is 13.0. The van der Waals surface area contributed by atoms with Crippen molar-refractivity contribution in [2.75, 3.05) is 6.61 Å². The van der Waals surface area contributed by atoms with Crippen molar-refractivity contribution in [1.82, 2.24) is 4.40 Å². The van der Waals surface area contributed by atoms with Crippen molar-refractivity contribution in [2.45, 2.75) is 20.5 Å². The molecular weight excluding hydrogens is 390 g/mol. The number of carbonyl (C=O) groups excluding carboxylic acids is 2. The van der Waals surface area contributed by atoms with Gasteiger partial charge in [-0.05, 0) is 54.8 Å². The zero-order valence-corrected chi connectivity index (χ0v) is 17.5. The number of aryl methyl sites for hydroxylation is 1. The summed E-state index contributed by atoms with van der Waals surface area (Å²) >= 11 is 0. The van der Waals surface area contributed by atoms with E-state index in [0.717, 1.165) is 28.7 Å². The van der Waals surface area contributed by atoms with Gasteiger partial charge in [0, 0.05) is 11.8 Å². The zero-order chi connectivity index (χ0) is 21.8. The SMILES string of the molecule is CCOC(=O)c1c(-c2ccc(OCc3ccccc3)cc2C)c(C=O)n2ccccc12. The first kappa shape index (κ1) is 20.4. The van der Waals surface area contributed by atoms with Gasteiger partial charge in [0.2, 0.25) is 0 Å². The summed E-state index contributed by atoms with van der Waals surface area (Å²) in [5.41, 5.74) is 4.80. The van der Waals surface area contributed by atoms with E-state index in [1.807, 2.05) is 73.7 Å². The van der Waals surface area contributed by atoms with Crippen LogP contribution in [0.4, 0.5) is 0 Å². The van der Waals surface area contributed by atoms with E-state index in [9.17, 15) is 9.59 Å². The van der Waals surface area contributed by atoms with Crippen LogP contribution in [0, 0.1) is 6.92 Å². The molecule has 0 aliphatic heterocycles. The molecule has 0 bridgehead atoms. The minimum Gasteiger partial charge on any atom is -0.489 e. The molecule has 5 nitrogen and oxygen atoms in total. The third-order valence-electron chi connectivity index (χ3n) is 5.19. The van der Waals surface area contributed by atoms with Crippen LogP contribution in [0.15, 0.2) is 72.9 Å². The standard InChI is InChI=1S/C26H23NO4/c1-3-30-26(29)25-22-11-7-8-14-27(22)23(16-28)24(25)21-13-12-20(15-18(21)2)31-17-19-9-5-4-6-10-19/h4-16H,3,17H2,1-2H3. The summed E-state index contributed by atoms with van der Waals surface area (Å²) in [5, 5.41) is 0. The van der Waals surface area contributed by atoms with Crippen LogP contribution in [0.1, 0.15) is 38.9 Å². The van der Waals surface area contributed by atoms with Gasteiger partial charge in [-0.2, -0.15) is 0 Å². The number of aromatic nitrogens is 1. The predicted molar refractivity (Wildman–Crippen MR) is 120 cm³/mol. The molecule has 5 heteroatoms. The minimum absolute atomic E-state index is 0.254. The molecule has 0 saturated carbocycles. The number of aldehydes is 1. The second-order valence-corrected chi connectivity index (χ2v) is 7.18. The maximum absolute atomic E-state index is 12.8. The molecule has 0 unspecified atom stereocenters. The van der Waals surface area contributed by atoms with E-state index in [0.29, 0.717) is 28.9 Å². The molecule has 0 aliphatic carbocycles. The highest BCUT2D eigenvalue weighted by Crippen LogP contribution is 2.36. The largest absolute Gasteiger partial charge is 0.489 e. The Morgan fingerprint density at radius 1 is 1.03 bits per heavy atom. The summed E-state index contributed by atoms with van der Waals surface area (Å²) in [6.07, 6.45) is 2.56. The van der Waals surface area contributed by atoms with Gasteiger partial charge < -0.3 is 13.9 Å². The molecule has 0 saturated heterocycles. The van der Waals surface area contributed by atoms with Crippen LogP contribution in [0.3, 0.4) is 0 Å². The molecule has 0 atom stereocenters. The molecule has 0 radical (unpaired) electrons. The molecule has 0 aliphatic rings. The first-order valence-corrected chi connectivity index (χ1v) is 10.2. The highest BCUT2D eigenvalue weighted by Gasteiger charge is 2.26. The van der Waals surface area contributed by atoms with Crippen molar-refractivity contribution in [3.8, 4) is 16.9 Å². The number of hydrogen-bond donors (Lipinski definition) is 0.